The van der Waals surface area contributed by atoms with E-state index in [-0.39, 0.29) is 6.61 Å². The minimum absolute atomic E-state index is 0.308. The Morgan fingerprint density at radius 3 is 2.17 bits per heavy atom. The molecule has 0 amide bonds. The normalized spacial score (nSPS) is 11.0. The zero-order valence-electron chi connectivity index (χ0n) is 22.4. The number of rotatable bonds is 9. The number of ether oxygens (including phenoxy) is 2. The number of thiazole rings is 1. The maximum Gasteiger partial charge on any atom is 0.341 e. The van der Waals surface area contributed by atoms with Gasteiger partial charge >= 0.3 is 5.97 Å². The maximum atomic E-state index is 10.8. The second-order valence-corrected chi connectivity index (χ2v) is 10.8. The largest absolute Gasteiger partial charge is 0.486 e. The van der Waals surface area contributed by atoms with E-state index < -0.39 is 5.97 Å². The highest BCUT2D eigenvalue weighted by Crippen LogP contribution is 2.39. The Bertz CT molecular complexity index is 1830. The molecule has 1 aromatic heterocycles. The highest BCUT2D eigenvalue weighted by atomic mass is 32.1. The monoisotopic (exact) mass is 557 g/mol. The minimum Gasteiger partial charge on any atom is -0.486 e. The second-order valence-electron chi connectivity index (χ2n) is 9.69. The Morgan fingerprint density at radius 1 is 0.732 bits per heavy atom. The smallest absolute Gasteiger partial charge is 0.341 e. The van der Waals surface area contributed by atoms with E-state index in [1.54, 1.807) is 23.5 Å². The quantitative estimate of drug-likeness (QED) is 0.193. The molecule has 5 nitrogen and oxygen atoms in total. The van der Waals surface area contributed by atoms with Crippen LogP contribution in [0.15, 0.2) is 115 Å². The van der Waals surface area contributed by atoms with Crippen LogP contribution in [-0.4, -0.2) is 22.7 Å². The molecule has 6 rings (SSSR count). The van der Waals surface area contributed by atoms with Crippen LogP contribution < -0.4 is 9.47 Å². The molecular formula is C35H27NO4S. The summed E-state index contributed by atoms with van der Waals surface area (Å²) < 4.78 is 11.5. The number of benzene rings is 5. The van der Waals surface area contributed by atoms with Gasteiger partial charge in [0, 0.05) is 5.56 Å². The van der Waals surface area contributed by atoms with E-state index in [0.717, 1.165) is 37.8 Å². The van der Waals surface area contributed by atoms with Crippen molar-refractivity contribution in [3.8, 4) is 44.3 Å². The molecule has 0 bridgehead atoms. The van der Waals surface area contributed by atoms with E-state index >= 15 is 0 Å². The molecular weight excluding hydrogens is 530 g/mol. The first kappa shape index (κ1) is 26.3. The molecule has 0 aliphatic heterocycles. The lowest BCUT2D eigenvalue weighted by atomic mass is 10.0. The molecule has 0 fully saturated rings. The lowest BCUT2D eigenvalue weighted by molar-refractivity contribution is -0.139. The molecule has 0 radical (unpaired) electrons. The molecule has 0 unspecified atom stereocenters. The summed E-state index contributed by atoms with van der Waals surface area (Å²) in [6.45, 7) is 1.79. The van der Waals surface area contributed by atoms with E-state index in [4.69, 9.17) is 19.6 Å². The van der Waals surface area contributed by atoms with E-state index in [9.17, 15) is 4.79 Å². The van der Waals surface area contributed by atoms with Crippen LogP contribution in [0.2, 0.25) is 0 Å². The van der Waals surface area contributed by atoms with Crippen molar-refractivity contribution < 1.29 is 19.4 Å². The number of carboxylic acids is 1. The third kappa shape index (κ3) is 5.98. The number of hydrogen-bond donors (Lipinski definition) is 1. The van der Waals surface area contributed by atoms with Crippen LogP contribution in [0, 0.1) is 6.92 Å². The number of hydrogen-bond acceptors (Lipinski definition) is 5. The highest BCUT2D eigenvalue weighted by molar-refractivity contribution is 7.15. The molecule has 6 heteroatoms. The van der Waals surface area contributed by atoms with Gasteiger partial charge in [-0.2, -0.15) is 0 Å². The number of nitrogens with zero attached hydrogens (tertiary/aromatic N) is 1. The van der Waals surface area contributed by atoms with Crippen molar-refractivity contribution >= 4 is 28.1 Å². The molecule has 0 aliphatic carbocycles. The number of aliphatic carboxylic acids is 1. The molecule has 0 spiro atoms. The molecule has 41 heavy (non-hydrogen) atoms. The summed E-state index contributed by atoms with van der Waals surface area (Å²) in [5.41, 5.74) is 6.23. The van der Waals surface area contributed by atoms with E-state index in [1.165, 1.54) is 16.3 Å². The van der Waals surface area contributed by atoms with Crippen LogP contribution in [0.5, 0.6) is 11.5 Å². The summed E-state index contributed by atoms with van der Waals surface area (Å²) in [6, 6.07) is 39.1. The molecule has 0 saturated heterocycles. The molecule has 5 aromatic carbocycles. The Labute approximate surface area is 242 Å². The number of aromatic nitrogens is 1. The first-order chi connectivity index (χ1) is 20.0. The van der Waals surface area contributed by atoms with Gasteiger partial charge in [0.15, 0.2) is 6.61 Å². The fourth-order valence-electron chi connectivity index (χ4n) is 4.76. The second kappa shape index (κ2) is 11.7. The van der Waals surface area contributed by atoms with Crippen molar-refractivity contribution in [3.63, 3.8) is 0 Å². The average Bonchev–Trinajstić information content (AvgIpc) is 3.44. The average molecular weight is 558 g/mol. The topological polar surface area (TPSA) is 68.7 Å². The van der Waals surface area contributed by atoms with Crippen molar-refractivity contribution in [2.75, 3.05) is 6.61 Å². The van der Waals surface area contributed by atoms with Crippen LogP contribution in [0.3, 0.4) is 0 Å². The lowest BCUT2D eigenvalue weighted by Gasteiger charge is -2.09. The number of aryl methyl sites for hydroxylation is 1. The molecule has 0 atom stereocenters. The van der Waals surface area contributed by atoms with Crippen LogP contribution in [0.1, 0.15) is 10.6 Å². The molecule has 1 heterocycles. The number of carbonyl (C=O) groups is 1. The third-order valence-corrected chi connectivity index (χ3v) is 7.89. The predicted molar refractivity (Wildman–Crippen MR) is 165 cm³/mol. The number of fused-ring (bicyclic) bond motifs is 1. The first-order valence-electron chi connectivity index (χ1n) is 13.3. The van der Waals surface area contributed by atoms with Crippen LogP contribution in [-0.2, 0) is 11.4 Å². The summed E-state index contributed by atoms with van der Waals surface area (Å²) in [6.07, 6.45) is 0. The third-order valence-electron chi connectivity index (χ3n) is 6.81. The molecule has 202 valence electrons. The van der Waals surface area contributed by atoms with Gasteiger partial charge in [-0.3, -0.25) is 0 Å². The molecule has 0 saturated carbocycles. The van der Waals surface area contributed by atoms with Gasteiger partial charge in [-0.15, -0.1) is 11.3 Å². The van der Waals surface area contributed by atoms with Gasteiger partial charge in [-0.25, -0.2) is 9.78 Å². The minimum atomic E-state index is -1.01. The fourth-order valence-corrected chi connectivity index (χ4v) is 5.75. The standard InChI is InChI=1S/C35H27NO4S/c1-23-19-30(17-18-31(23)40-22-33(37)38)39-21-32-36-34(27-14-11-26(12-15-27)24-7-3-2-4-8-24)35(41-32)29-16-13-25-9-5-6-10-28(25)20-29/h2-20H,21-22H2,1H3,(H,37,38). The van der Waals surface area contributed by atoms with Crippen molar-refractivity contribution in [1.29, 1.82) is 0 Å². The Morgan fingerprint density at radius 2 is 1.41 bits per heavy atom. The summed E-state index contributed by atoms with van der Waals surface area (Å²) in [5.74, 6) is 0.177. The van der Waals surface area contributed by atoms with E-state index in [1.807, 2.05) is 31.2 Å². The van der Waals surface area contributed by atoms with Gasteiger partial charge in [-0.1, -0.05) is 91.0 Å². The molecule has 1 N–H and O–H groups in total. The molecule has 6 aromatic rings. The first-order valence-corrected chi connectivity index (χ1v) is 14.1. The summed E-state index contributed by atoms with van der Waals surface area (Å²) in [4.78, 5) is 17.0. The van der Waals surface area contributed by atoms with Gasteiger partial charge in [0.25, 0.3) is 0 Å². The number of carboxylic acid groups (broad SMARTS) is 1. The summed E-state index contributed by atoms with van der Waals surface area (Å²) >= 11 is 1.63. The van der Waals surface area contributed by atoms with E-state index in [2.05, 4.69) is 78.9 Å². The zero-order valence-corrected chi connectivity index (χ0v) is 23.2. The van der Waals surface area contributed by atoms with Crippen molar-refractivity contribution in [1.82, 2.24) is 4.98 Å². The van der Waals surface area contributed by atoms with Gasteiger partial charge < -0.3 is 14.6 Å². The van der Waals surface area contributed by atoms with Crippen LogP contribution >= 0.6 is 11.3 Å². The van der Waals surface area contributed by atoms with Gasteiger partial charge in [0.1, 0.15) is 23.1 Å². The SMILES string of the molecule is Cc1cc(OCc2nc(-c3ccc(-c4ccccc4)cc3)c(-c3ccc4ccccc4c3)s2)ccc1OCC(=O)O. The van der Waals surface area contributed by atoms with Gasteiger partial charge in [-0.05, 0) is 64.2 Å². The highest BCUT2D eigenvalue weighted by Gasteiger charge is 2.17. The zero-order chi connectivity index (χ0) is 28.2. The van der Waals surface area contributed by atoms with Crippen molar-refractivity contribution in [3.05, 3.63) is 126 Å². The Kier molecular flexibility index (Phi) is 7.48. The Hall–Kier alpha value is -4.94. The maximum absolute atomic E-state index is 10.8. The van der Waals surface area contributed by atoms with Crippen LogP contribution in [0.4, 0.5) is 0 Å². The molecule has 0 aliphatic rings. The predicted octanol–water partition coefficient (Wildman–Crippen LogP) is 8.65. The van der Waals surface area contributed by atoms with Gasteiger partial charge in [0.05, 0.1) is 10.6 Å². The lowest BCUT2D eigenvalue weighted by Crippen LogP contribution is -2.10. The summed E-state index contributed by atoms with van der Waals surface area (Å²) in [5, 5.41) is 12.1. The fraction of sp³-hybridized carbons (Fsp3) is 0.0857. The summed E-state index contributed by atoms with van der Waals surface area (Å²) in [7, 11) is 0. The van der Waals surface area contributed by atoms with Crippen molar-refractivity contribution in [2.24, 2.45) is 0 Å². The van der Waals surface area contributed by atoms with E-state index in [0.29, 0.717) is 18.1 Å². The van der Waals surface area contributed by atoms with Gasteiger partial charge in [0.2, 0.25) is 0 Å². The van der Waals surface area contributed by atoms with Crippen LogP contribution in [0.25, 0.3) is 43.6 Å². The van der Waals surface area contributed by atoms with Crippen molar-refractivity contribution in [2.45, 2.75) is 13.5 Å². The Balaban J connectivity index is 1.31.